The molecule has 0 saturated heterocycles. The molecule has 0 saturated carbocycles. The summed E-state index contributed by atoms with van der Waals surface area (Å²) in [6.07, 6.45) is 1.52. The van der Waals surface area contributed by atoms with Crippen LogP contribution in [0.5, 0.6) is 0 Å². The van der Waals surface area contributed by atoms with Gasteiger partial charge in [-0.25, -0.2) is 9.78 Å². The summed E-state index contributed by atoms with van der Waals surface area (Å²) in [6.45, 7) is 0. The summed E-state index contributed by atoms with van der Waals surface area (Å²) in [5.41, 5.74) is 0.269. The Hall–Kier alpha value is -0.630. The van der Waals surface area contributed by atoms with E-state index in [-0.39, 0.29) is 5.69 Å². The zero-order valence-corrected chi connectivity index (χ0v) is 8.66. The second kappa shape index (κ2) is 2.70. The lowest BCUT2D eigenvalue weighted by Gasteiger charge is -1.87. The first kappa shape index (κ1) is 7.99. The first-order chi connectivity index (χ1) is 5.70. The van der Waals surface area contributed by atoms with Crippen LogP contribution in [-0.4, -0.2) is 20.5 Å². The molecule has 0 bridgehead atoms. The molecule has 0 aliphatic carbocycles. The SMILES string of the molecule is O=C(O)c1csc2c(I)ncn12. The van der Waals surface area contributed by atoms with Gasteiger partial charge in [-0.15, -0.1) is 11.3 Å². The molecule has 0 spiro atoms. The molecule has 12 heavy (non-hydrogen) atoms. The lowest BCUT2D eigenvalue weighted by atomic mass is 10.5. The molecule has 0 aliphatic heterocycles. The summed E-state index contributed by atoms with van der Waals surface area (Å²) in [6, 6.07) is 0. The van der Waals surface area contributed by atoms with Crippen molar-refractivity contribution in [2.45, 2.75) is 0 Å². The predicted octanol–water partition coefficient (Wildman–Crippen LogP) is 1.70. The fraction of sp³-hybridized carbons (Fsp3) is 0. The minimum absolute atomic E-state index is 0.269. The first-order valence-corrected chi connectivity index (χ1v) is 4.99. The van der Waals surface area contributed by atoms with Crippen LogP contribution in [0.1, 0.15) is 10.5 Å². The number of aromatic nitrogens is 2. The number of fused-ring (bicyclic) bond motifs is 1. The molecule has 0 atom stereocenters. The Balaban J connectivity index is 2.79. The molecule has 1 N–H and O–H groups in total. The van der Waals surface area contributed by atoms with E-state index >= 15 is 0 Å². The molecule has 0 unspecified atom stereocenters. The second-order valence-corrected chi connectivity index (χ2v) is 4.02. The molecule has 0 aromatic carbocycles. The van der Waals surface area contributed by atoms with Crippen molar-refractivity contribution < 1.29 is 9.90 Å². The first-order valence-electron chi connectivity index (χ1n) is 3.03. The summed E-state index contributed by atoms with van der Waals surface area (Å²) >= 11 is 3.46. The van der Waals surface area contributed by atoms with Crippen LogP contribution in [0.25, 0.3) is 4.83 Å². The third kappa shape index (κ3) is 1.02. The van der Waals surface area contributed by atoms with Crippen LogP contribution < -0.4 is 0 Å². The monoisotopic (exact) mass is 294 g/mol. The van der Waals surface area contributed by atoms with E-state index in [2.05, 4.69) is 27.6 Å². The van der Waals surface area contributed by atoms with E-state index in [4.69, 9.17) is 5.11 Å². The molecule has 6 heteroatoms. The van der Waals surface area contributed by atoms with Gasteiger partial charge in [0, 0.05) is 5.38 Å². The molecule has 2 heterocycles. The highest BCUT2D eigenvalue weighted by atomic mass is 127. The van der Waals surface area contributed by atoms with Crippen molar-refractivity contribution in [3.05, 3.63) is 21.1 Å². The van der Waals surface area contributed by atoms with Gasteiger partial charge in [-0.3, -0.25) is 4.40 Å². The standard InChI is InChI=1S/C6H3IN2O2S/c7-4-5-9(2-8-4)3(1-12-5)6(10)11/h1-2H,(H,10,11). The molecule has 62 valence electrons. The van der Waals surface area contributed by atoms with Gasteiger partial charge in [-0.2, -0.15) is 0 Å². The largest absolute Gasteiger partial charge is 0.477 e. The Morgan fingerprint density at radius 3 is 3.17 bits per heavy atom. The number of hydrogen-bond donors (Lipinski definition) is 1. The van der Waals surface area contributed by atoms with E-state index in [1.165, 1.54) is 17.7 Å². The van der Waals surface area contributed by atoms with E-state index in [0.717, 1.165) is 8.53 Å². The molecule has 4 nitrogen and oxygen atoms in total. The van der Waals surface area contributed by atoms with Crippen LogP contribution in [0, 0.1) is 3.70 Å². The Bertz CT molecular complexity index is 447. The minimum atomic E-state index is -0.921. The topological polar surface area (TPSA) is 54.6 Å². The predicted molar refractivity (Wildman–Crippen MR) is 52.7 cm³/mol. The number of thiazole rings is 1. The van der Waals surface area contributed by atoms with Crippen LogP contribution >= 0.6 is 33.9 Å². The molecule has 0 amide bonds. The van der Waals surface area contributed by atoms with Crippen LogP contribution in [0.3, 0.4) is 0 Å². The number of imidazole rings is 1. The highest BCUT2D eigenvalue weighted by Gasteiger charge is 2.12. The third-order valence-electron chi connectivity index (χ3n) is 1.44. The number of carbonyl (C=O) groups is 1. The minimum Gasteiger partial charge on any atom is -0.477 e. The Kier molecular flexibility index (Phi) is 1.80. The number of hydrogen-bond acceptors (Lipinski definition) is 3. The molecular weight excluding hydrogens is 291 g/mol. The lowest BCUT2D eigenvalue weighted by Crippen LogP contribution is -1.99. The molecule has 0 aliphatic rings. The molecule has 2 aromatic rings. The summed E-state index contributed by atoms with van der Waals surface area (Å²) in [5, 5.41) is 10.3. The van der Waals surface area contributed by atoms with E-state index in [1.54, 1.807) is 9.78 Å². The fourth-order valence-corrected chi connectivity index (χ4v) is 2.53. The lowest BCUT2D eigenvalue weighted by molar-refractivity contribution is 0.0689. The van der Waals surface area contributed by atoms with Crippen molar-refractivity contribution in [2.75, 3.05) is 0 Å². The van der Waals surface area contributed by atoms with Gasteiger partial charge < -0.3 is 5.11 Å². The van der Waals surface area contributed by atoms with Crippen molar-refractivity contribution in [1.29, 1.82) is 0 Å². The maximum Gasteiger partial charge on any atom is 0.353 e. The summed E-state index contributed by atoms with van der Waals surface area (Å²) in [4.78, 5) is 15.5. The summed E-state index contributed by atoms with van der Waals surface area (Å²) < 4.78 is 2.42. The fourth-order valence-electron chi connectivity index (χ4n) is 0.914. The zero-order valence-electron chi connectivity index (χ0n) is 5.69. The number of carboxylic acids is 1. The van der Waals surface area contributed by atoms with Crippen molar-refractivity contribution in [3.8, 4) is 0 Å². The number of rotatable bonds is 1. The molecule has 0 radical (unpaired) electrons. The third-order valence-corrected chi connectivity index (χ3v) is 3.55. The van der Waals surface area contributed by atoms with Crippen molar-refractivity contribution in [1.82, 2.24) is 9.38 Å². The van der Waals surface area contributed by atoms with Crippen molar-refractivity contribution in [3.63, 3.8) is 0 Å². The average molecular weight is 294 g/mol. The van der Waals surface area contributed by atoms with Gasteiger partial charge in [0.15, 0.2) is 0 Å². The van der Waals surface area contributed by atoms with Gasteiger partial charge in [0.25, 0.3) is 0 Å². The van der Waals surface area contributed by atoms with Crippen LogP contribution in [0.15, 0.2) is 11.7 Å². The Morgan fingerprint density at radius 1 is 1.75 bits per heavy atom. The maximum atomic E-state index is 10.6. The van der Waals surface area contributed by atoms with Gasteiger partial charge in [-0.05, 0) is 22.6 Å². The quantitative estimate of drug-likeness (QED) is 0.814. The highest BCUT2D eigenvalue weighted by Crippen LogP contribution is 2.20. The number of halogens is 1. The van der Waals surface area contributed by atoms with Gasteiger partial charge in [-0.1, -0.05) is 0 Å². The Morgan fingerprint density at radius 2 is 2.50 bits per heavy atom. The van der Waals surface area contributed by atoms with Crippen LogP contribution in [0.4, 0.5) is 0 Å². The number of nitrogens with zero attached hydrogens (tertiary/aromatic N) is 2. The van der Waals surface area contributed by atoms with Crippen molar-refractivity contribution >= 4 is 44.7 Å². The second-order valence-electron chi connectivity index (χ2n) is 2.14. The van der Waals surface area contributed by atoms with Gasteiger partial charge in [0.05, 0.1) is 0 Å². The van der Waals surface area contributed by atoms with E-state index < -0.39 is 5.97 Å². The summed E-state index contributed by atoms with van der Waals surface area (Å²) in [5.74, 6) is -0.921. The zero-order chi connectivity index (χ0) is 8.72. The number of aromatic carboxylic acids is 1. The highest BCUT2D eigenvalue weighted by molar-refractivity contribution is 14.1. The molecule has 2 aromatic heterocycles. The van der Waals surface area contributed by atoms with Gasteiger partial charge in [0.1, 0.15) is 20.6 Å². The Labute approximate surface area is 85.0 Å². The number of carboxylic acid groups (broad SMARTS) is 1. The van der Waals surface area contributed by atoms with Crippen molar-refractivity contribution in [2.24, 2.45) is 0 Å². The van der Waals surface area contributed by atoms with E-state index in [9.17, 15) is 4.79 Å². The summed E-state index contributed by atoms with van der Waals surface area (Å²) in [7, 11) is 0. The molecule has 2 rings (SSSR count). The van der Waals surface area contributed by atoms with Gasteiger partial charge in [0.2, 0.25) is 0 Å². The normalized spacial score (nSPS) is 10.8. The molecule has 0 fully saturated rings. The molecular formula is C6H3IN2O2S. The van der Waals surface area contributed by atoms with Crippen LogP contribution in [-0.2, 0) is 0 Å². The van der Waals surface area contributed by atoms with Gasteiger partial charge >= 0.3 is 5.97 Å². The van der Waals surface area contributed by atoms with Crippen LogP contribution in [0.2, 0.25) is 0 Å². The smallest absolute Gasteiger partial charge is 0.353 e. The average Bonchev–Trinajstić information content (AvgIpc) is 2.53. The maximum absolute atomic E-state index is 10.6. The van der Waals surface area contributed by atoms with E-state index in [1.807, 2.05) is 0 Å². The van der Waals surface area contributed by atoms with E-state index in [0.29, 0.717) is 0 Å².